The number of benzene rings is 2. The van der Waals surface area contributed by atoms with E-state index < -0.39 is 0 Å². The van der Waals surface area contributed by atoms with Crippen LogP contribution in [0.4, 0.5) is 0 Å². The van der Waals surface area contributed by atoms with Crippen molar-refractivity contribution >= 4 is 28.6 Å². The molecule has 3 aromatic rings. The summed E-state index contributed by atoms with van der Waals surface area (Å²) in [5.41, 5.74) is 0.655. The van der Waals surface area contributed by atoms with Gasteiger partial charge in [-0.05, 0) is 56.2 Å². The smallest absolute Gasteiger partial charge is 0.262 e. The molecule has 174 valence electrons. The van der Waals surface area contributed by atoms with E-state index in [0.29, 0.717) is 35.8 Å². The number of rotatable bonds is 10. The molecule has 4 rings (SSSR count). The van der Waals surface area contributed by atoms with Crippen LogP contribution in [0.3, 0.4) is 0 Å². The van der Waals surface area contributed by atoms with Crippen LogP contribution in [0.5, 0.6) is 11.5 Å². The lowest BCUT2D eigenvalue weighted by Gasteiger charge is -2.18. The first-order valence-corrected chi connectivity index (χ1v) is 12.4. The third-order valence-electron chi connectivity index (χ3n) is 5.63. The molecule has 0 radical (unpaired) electrons. The molecule has 8 heteroatoms. The number of thioether (sulfide) groups is 1. The first-order valence-electron chi connectivity index (χ1n) is 11.4. The summed E-state index contributed by atoms with van der Waals surface area (Å²) in [4.78, 5) is 30.3. The topological polar surface area (TPSA) is 82.5 Å². The standard InChI is InChI=1S/C25H29N3O4S/c1-2-31-19-11-13-20(14-12-19)32-16-15-26-23(29)17-33-25-27-22-10-6-5-9-21(22)24(30)28(25)18-7-3-4-8-18/h5-6,9-14,18H,2-4,7-8,15-17H2,1H3,(H,26,29). The summed E-state index contributed by atoms with van der Waals surface area (Å²) in [5, 5.41) is 4.12. The number of hydrogen-bond acceptors (Lipinski definition) is 6. The quantitative estimate of drug-likeness (QED) is 0.273. The molecule has 1 amide bonds. The Hall–Kier alpha value is -3.00. The molecule has 1 aliphatic carbocycles. The Morgan fingerprint density at radius 2 is 1.79 bits per heavy atom. The Kier molecular flexibility index (Phi) is 7.88. The van der Waals surface area contributed by atoms with Crippen LogP contribution in [0.25, 0.3) is 10.9 Å². The van der Waals surface area contributed by atoms with Gasteiger partial charge in [0, 0.05) is 6.04 Å². The van der Waals surface area contributed by atoms with E-state index in [4.69, 9.17) is 14.5 Å². The summed E-state index contributed by atoms with van der Waals surface area (Å²) in [6.07, 6.45) is 4.18. The van der Waals surface area contributed by atoms with Gasteiger partial charge in [-0.1, -0.05) is 36.7 Å². The summed E-state index contributed by atoms with van der Waals surface area (Å²) in [6, 6.07) is 15.0. The number of nitrogens with zero attached hydrogens (tertiary/aromatic N) is 2. The van der Waals surface area contributed by atoms with Crippen molar-refractivity contribution in [2.24, 2.45) is 0 Å². The first kappa shape index (κ1) is 23.2. The Morgan fingerprint density at radius 1 is 1.09 bits per heavy atom. The second-order valence-electron chi connectivity index (χ2n) is 7.92. The molecule has 1 saturated carbocycles. The molecule has 33 heavy (non-hydrogen) atoms. The normalized spacial score (nSPS) is 13.8. The zero-order valence-electron chi connectivity index (χ0n) is 18.8. The second kappa shape index (κ2) is 11.2. The Bertz CT molecular complexity index is 1140. The third-order valence-corrected chi connectivity index (χ3v) is 6.58. The van der Waals surface area contributed by atoms with Gasteiger partial charge in [0.05, 0.1) is 29.8 Å². The zero-order chi connectivity index (χ0) is 23.0. The number of fused-ring (bicyclic) bond motifs is 1. The molecule has 1 heterocycles. The highest BCUT2D eigenvalue weighted by molar-refractivity contribution is 7.99. The maximum absolute atomic E-state index is 13.2. The van der Waals surface area contributed by atoms with Crippen LogP contribution >= 0.6 is 11.8 Å². The summed E-state index contributed by atoms with van der Waals surface area (Å²) < 4.78 is 12.9. The van der Waals surface area contributed by atoms with E-state index in [1.165, 1.54) is 11.8 Å². The first-order chi connectivity index (χ1) is 16.2. The van der Waals surface area contributed by atoms with E-state index in [9.17, 15) is 9.59 Å². The molecule has 1 fully saturated rings. The number of hydrogen-bond donors (Lipinski definition) is 1. The van der Waals surface area contributed by atoms with Crippen molar-refractivity contribution in [3.05, 3.63) is 58.9 Å². The van der Waals surface area contributed by atoms with E-state index in [-0.39, 0.29) is 23.3 Å². The number of ether oxygens (including phenoxy) is 2. The summed E-state index contributed by atoms with van der Waals surface area (Å²) in [6.45, 7) is 3.32. The van der Waals surface area contributed by atoms with Gasteiger partial charge < -0.3 is 14.8 Å². The summed E-state index contributed by atoms with van der Waals surface area (Å²) >= 11 is 1.32. The molecule has 0 bridgehead atoms. The van der Waals surface area contributed by atoms with Crippen LogP contribution in [0.1, 0.15) is 38.6 Å². The number of carbonyl (C=O) groups excluding carboxylic acids is 1. The molecule has 2 aromatic carbocycles. The summed E-state index contributed by atoms with van der Waals surface area (Å²) in [7, 11) is 0. The number of amides is 1. The molecule has 0 unspecified atom stereocenters. The highest BCUT2D eigenvalue weighted by Crippen LogP contribution is 2.32. The average Bonchev–Trinajstić information content (AvgIpc) is 3.36. The molecule has 7 nitrogen and oxygen atoms in total. The predicted octanol–water partition coefficient (Wildman–Crippen LogP) is 4.20. The van der Waals surface area contributed by atoms with Crippen LogP contribution < -0.4 is 20.3 Å². The SMILES string of the molecule is CCOc1ccc(OCCNC(=O)CSc2nc3ccccc3c(=O)n2C2CCCC2)cc1. The van der Waals surface area contributed by atoms with Gasteiger partial charge in [0.1, 0.15) is 18.1 Å². The molecule has 0 atom stereocenters. The monoisotopic (exact) mass is 467 g/mol. The number of carbonyl (C=O) groups is 1. The van der Waals surface area contributed by atoms with Gasteiger partial charge >= 0.3 is 0 Å². The van der Waals surface area contributed by atoms with Crippen molar-refractivity contribution in [2.75, 3.05) is 25.5 Å². The summed E-state index contributed by atoms with van der Waals surface area (Å²) in [5.74, 6) is 1.60. The van der Waals surface area contributed by atoms with Gasteiger partial charge in [-0.15, -0.1) is 0 Å². The van der Waals surface area contributed by atoms with Crippen molar-refractivity contribution in [3.63, 3.8) is 0 Å². The molecular formula is C25H29N3O4S. The lowest BCUT2D eigenvalue weighted by molar-refractivity contribution is -0.118. The minimum atomic E-state index is -0.115. The van der Waals surface area contributed by atoms with E-state index in [1.54, 1.807) is 0 Å². The van der Waals surface area contributed by atoms with Crippen LogP contribution in [0.15, 0.2) is 58.5 Å². The molecule has 1 aliphatic rings. The van der Waals surface area contributed by atoms with Crippen molar-refractivity contribution in [3.8, 4) is 11.5 Å². The molecular weight excluding hydrogens is 438 g/mol. The molecule has 1 N–H and O–H groups in total. The molecule has 0 spiro atoms. The van der Waals surface area contributed by atoms with E-state index in [2.05, 4.69) is 5.32 Å². The Balaban J connectivity index is 1.32. The fraction of sp³-hybridized carbons (Fsp3) is 0.400. The van der Waals surface area contributed by atoms with Crippen molar-refractivity contribution in [2.45, 2.75) is 43.8 Å². The highest BCUT2D eigenvalue weighted by Gasteiger charge is 2.23. The highest BCUT2D eigenvalue weighted by atomic mass is 32.2. The number of aromatic nitrogens is 2. The van der Waals surface area contributed by atoms with Crippen LogP contribution in [0, 0.1) is 0 Å². The predicted molar refractivity (Wildman–Crippen MR) is 130 cm³/mol. The molecule has 0 saturated heterocycles. The lowest BCUT2D eigenvalue weighted by Crippen LogP contribution is -2.30. The number of nitrogens with one attached hydrogen (secondary N) is 1. The Morgan fingerprint density at radius 3 is 2.52 bits per heavy atom. The average molecular weight is 468 g/mol. The van der Waals surface area contributed by atoms with Gasteiger partial charge in [-0.25, -0.2) is 4.98 Å². The van der Waals surface area contributed by atoms with E-state index >= 15 is 0 Å². The van der Waals surface area contributed by atoms with Gasteiger partial charge in [-0.2, -0.15) is 0 Å². The van der Waals surface area contributed by atoms with E-state index in [0.717, 1.165) is 37.2 Å². The number of para-hydroxylation sites is 1. The molecule has 0 aliphatic heterocycles. The van der Waals surface area contributed by atoms with Crippen molar-refractivity contribution < 1.29 is 14.3 Å². The fourth-order valence-corrected chi connectivity index (χ4v) is 4.95. The van der Waals surface area contributed by atoms with Crippen LogP contribution in [-0.4, -0.2) is 41.0 Å². The minimum Gasteiger partial charge on any atom is -0.494 e. The largest absolute Gasteiger partial charge is 0.494 e. The van der Waals surface area contributed by atoms with Crippen molar-refractivity contribution in [1.29, 1.82) is 0 Å². The minimum absolute atomic E-state index is 0.0147. The lowest BCUT2D eigenvalue weighted by atomic mass is 10.2. The second-order valence-corrected chi connectivity index (χ2v) is 8.86. The van der Waals surface area contributed by atoms with Gasteiger partial charge in [-0.3, -0.25) is 14.2 Å². The van der Waals surface area contributed by atoms with Crippen LogP contribution in [-0.2, 0) is 4.79 Å². The van der Waals surface area contributed by atoms with Gasteiger partial charge in [0.2, 0.25) is 5.91 Å². The van der Waals surface area contributed by atoms with Crippen molar-refractivity contribution in [1.82, 2.24) is 14.9 Å². The fourth-order valence-electron chi connectivity index (χ4n) is 4.05. The third kappa shape index (κ3) is 5.87. The maximum atomic E-state index is 13.2. The van der Waals surface area contributed by atoms with Crippen LogP contribution in [0.2, 0.25) is 0 Å². The maximum Gasteiger partial charge on any atom is 0.262 e. The Labute approximate surface area is 197 Å². The zero-order valence-corrected chi connectivity index (χ0v) is 19.6. The van der Waals surface area contributed by atoms with Gasteiger partial charge in [0.25, 0.3) is 5.56 Å². The van der Waals surface area contributed by atoms with E-state index in [1.807, 2.05) is 60.0 Å². The van der Waals surface area contributed by atoms with Gasteiger partial charge in [0.15, 0.2) is 5.16 Å². The molecule has 1 aromatic heterocycles.